The predicted octanol–water partition coefficient (Wildman–Crippen LogP) is 2.19. The first kappa shape index (κ1) is 15.0. The predicted molar refractivity (Wildman–Crippen MR) is 89.0 cm³/mol. The largest absolute Gasteiger partial charge is 0.322 e. The number of fused-ring (bicyclic) bond motifs is 1. The minimum absolute atomic E-state index is 0.329. The van der Waals surface area contributed by atoms with Crippen molar-refractivity contribution in [3.05, 3.63) is 54.2 Å². The molecule has 0 aliphatic carbocycles. The number of carbonyl (C=O) groups is 1. The van der Waals surface area contributed by atoms with Gasteiger partial charge in [-0.1, -0.05) is 6.07 Å². The van der Waals surface area contributed by atoms with Crippen LogP contribution in [0.4, 0.5) is 11.4 Å². The lowest BCUT2D eigenvalue weighted by atomic mass is 10.2. The average Bonchev–Trinajstić information content (AvgIpc) is 2.93. The number of benzene rings is 2. The number of carbonyl (C=O) groups excluding carboxylic acids is 1. The van der Waals surface area contributed by atoms with Gasteiger partial charge in [0.1, 0.15) is 0 Å². The molecule has 8 heteroatoms. The molecule has 0 fully saturated rings. The summed E-state index contributed by atoms with van der Waals surface area (Å²) in [6.45, 7) is 0. The van der Waals surface area contributed by atoms with Crippen molar-refractivity contribution in [2.24, 2.45) is 0 Å². The molecular weight excluding hydrogens is 316 g/mol. The standard InChI is InChI=1S/C15H14N4O3S/c1-23(21,22)19-13-4-2-3-10(7-13)15(20)17-12-5-6-14-11(8-12)9-16-18-14/h2-9,19H,1H3,(H,16,18)(H,17,20). The molecule has 0 aliphatic heterocycles. The average molecular weight is 330 g/mol. The first-order chi connectivity index (χ1) is 10.9. The molecule has 0 saturated carbocycles. The van der Waals surface area contributed by atoms with Gasteiger partial charge in [-0.2, -0.15) is 5.10 Å². The SMILES string of the molecule is CS(=O)(=O)Nc1cccc(C(=O)Nc2ccc3[nH]ncc3c2)c1. The van der Waals surface area contributed by atoms with Crippen LogP contribution in [0.2, 0.25) is 0 Å². The van der Waals surface area contributed by atoms with Gasteiger partial charge in [-0.05, 0) is 36.4 Å². The Bertz CT molecular complexity index is 979. The zero-order chi connectivity index (χ0) is 16.4. The molecule has 0 atom stereocenters. The lowest BCUT2D eigenvalue weighted by Gasteiger charge is -2.08. The van der Waals surface area contributed by atoms with E-state index in [1.807, 2.05) is 6.07 Å². The van der Waals surface area contributed by atoms with Crippen LogP contribution in [0, 0.1) is 0 Å². The molecule has 0 radical (unpaired) electrons. The van der Waals surface area contributed by atoms with Crippen molar-refractivity contribution in [3.63, 3.8) is 0 Å². The number of hydrogen-bond acceptors (Lipinski definition) is 4. The van der Waals surface area contributed by atoms with Crippen LogP contribution >= 0.6 is 0 Å². The maximum absolute atomic E-state index is 12.3. The van der Waals surface area contributed by atoms with E-state index in [-0.39, 0.29) is 5.91 Å². The van der Waals surface area contributed by atoms with Crippen LogP contribution in [0.5, 0.6) is 0 Å². The Morgan fingerprint density at radius 1 is 1.13 bits per heavy atom. The second-order valence-corrected chi connectivity index (χ2v) is 6.83. The number of amides is 1. The van der Waals surface area contributed by atoms with Crippen molar-refractivity contribution >= 4 is 38.2 Å². The van der Waals surface area contributed by atoms with E-state index in [9.17, 15) is 13.2 Å². The number of hydrogen-bond donors (Lipinski definition) is 3. The number of nitrogens with zero attached hydrogens (tertiary/aromatic N) is 1. The van der Waals surface area contributed by atoms with Crippen molar-refractivity contribution in [1.82, 2.24) is 10.2 Å². The van der Waals surface area contributed by atoms with Crippen molar-refractivity contribution in [2.75, 3.05) is 16.3 Å². The molecule has 7 nitrogen and oxygen atoms in total. The first-order valence-corrected chi connectivity index (χ1v) is 8.62. The summed E-state index contributed by atoms with van der Waals surface area (Å²) in [5.74, 6) is -0.329. The number of H-pyrrole nitrogens is 1. The molecule has 0 saturated heterocycles. The summed E-state index contributed by atoms with van der Waals surface area (Å²) in [7, 11) is -3.39. The maximum Gasteiger partial charge on any atom is 0.255 e. The minimum atomic E-state index is -3.39. The Morgan fingerprint density at radius 2 is 1.96 bits per heavy atom. The van der Waals surface area contributed by atoms with Gasteiger partial charge >= 0.3 is 0 Å². The number of sulfonamides is 1. The van der Waals surface area contributed by atoms with Crippen LogP contribution in [-0.4, -0.2) is 30.8 Å². The topological polar surface area (TPSA) is 104 Å². The molecule has 3 rings (SSSR count). The molecule has 1 aromatic heterocycles. The second-order valence-electron chi connectivity index (χ2n) is 5.08. The van der Waals surface area contributed by atoms with Crippen LogP contribution in [0.3, 0.4) is 0 Å². The minimum Gasteiger partial charge on any atom is -0.322 e. The normalized spacial score (nSPS) is 11.3. The summed E-state index contributed by atoms with van der Waals surface area (Å²) in [5.41, 5.74) is 2.20. The number of anilines is 2. The van der Waals surface area contributed by atoms with E-state index in [1.54, 1.807) is 36.5 Å². The third-order valence-electron chi connectivity index (χ3n) is 3.13. The molecule has 0 unspecified atom stereocenters. The Balaban J connectivity index is 1.81. The lowest BCUT2D eigenvalue weighted by Crippen LogP contribution is -2.13. The highest BCUT2D eigenvalue weighted by Gasteiger charge is 2.09. The van der Waals surface area contributed by atoms with E-state index in [0.717, 1.165) is 17.2 Å². The van der Waals surface area contributed by atoms with Crippen molar-refractivity contribution in [2.45, 2.75) is 0 Å². The van der Waals surface area contributed by atoms with Crippen LogP contribution in [0.25, 0.3) is 10.9 Å². The van der Waals surface area contributed by atoms with Gasteiger partial charge in [0, 0.05) is 22.3 Å². The molecule has 23 heavy (non-hydrogen) atoms. The van der Waals surface area contributed by atoms with E-state index in [2.05, 4.69) is 20.2 Å². The Labute approximate surface area is 132 Å². The van der Waals surface area contributed by atoms with Crippen molar-refractivity contribution in [3.8, 4) is 0 Å². The summed E-state index contributed by atoms with van der Waals surface area (Å²) in [4.78, 5) is 12.3. The third kappa shape index (κ3) is 3.67. The molecule has 2 aromatic carbocycles. The summed E-state index contributed by atoms with van der Waals surface area (Å²) < 4.78 is 24.8. The van der Waals surface area contributed by atoms with Gasteiger partial charge in [0.25, 0.3) is 5.91 Å². The van der Waals surface area contributed by atoms with Gasteiger partial charge in [-0.3, -0.25) is 14.6 Å². The van der Waals surface area contributed by atoms with Crippen LogP contribution in [0.1, 0.15) is 10.4 Å². The number of aromatic amines is 1. The molecule has 3 aromatic rings. The molecular formula is C15H14N4O3S. The maximum atomic E-state index is 12.3. The zero-order valence-electron chi connectivity index (χ0n) is 12.2. The number of nitrogens with one attached hydrogen (secondary N) is 3. The lowest BCUT2D eigenvalue weighted by molar-refractivity contribution is 0.102. The van der Waals surface area contributed by atoms with Crippen LogP contribution < -0.4 is 10.0 Å². The van der Waals surface area contributed by atoms with Gasteiger partial charge in [-0.25, -0.2) is 8.42 Å². The van der Waals surface area contributed by atoms with Crippen LogP contribution in [0.15, 0.2) is 48.7 Å². The highest BCUT2D eigenvalue weighted by molar-refractivity contribution is 7.92. The fraction of sp³-hybridized carbons (Fsp3) is 0.0667. The molecule has 0 aliphatic rings. The van der Waals surface area contributed by atoms with Crippen molar-refractivity contribution in [1.29, 1.82) is 0 Å². The van der Waals surface area contributed by atoms with E-state index in [0.29, 0.717) is 16.9 Å². The zero-order valence-corrected chi connectivity index (χ0v) is 13.0. The number of rotatable bonds is 4. The first-order valence-electron chi connectivity index (χ1n) is 6.73. The smallest absolute Gasteiger partial charge is 0.255 e. The molecule has 1 amide bonds. The Morgan fingerprint density at radius 3 is 2.74 bits per heavy atom. The summed E-state index contributed by atoms with van der Waals surface area (Å²) in [6.07, 6.45) is 2.72. The third-order valence-corrected chi connectivity index (χ3v) is 3.73. The molecule has 3 N–H and O–H groups in total. The van der Waals surface area contributed by atoms with Gasteiger partial charge < -0.3 is 5.32 Å². The molecule has 1 heterocycles. The Kier molecular flexibility index (Phi) is 3.75. The van der Waals surface area contributed by atoms with Gasteiger partial charge in [0.15, 0.2) is 0 Å². The highest BCUT2D eigenvalue weighted by Crippen LogP contribution is 2.18. The van der Waals surface area contributed by atoms with Gasteiger partial charge in [0.05, 0.1) is 18.0 Å². The summed E-state index contributed by atoms with van der Waals surface area (Å²) >= 11 is 0. The van der Waals surface area contributed by atoms with E-state index >= 15 is 0 Å². The fourth-order valence-corrected chi connectivity index (χ4v) is 2.72. The van der Waals surface area contributed by atoms with Crippen LogP contribution in [-0.2, 0) is 10.0 Å². The quantitative estimate of drug-likeness (QED) is 0.682. The second kappa shape index (κ2) is 5.73. The Hall–Kier alpha value is -2.87. The molecule has 0 spiro atoms. The molecule has 0 bridgehead atoms. The fourth-order valence-electron chi connectivity index (χ4n) is 2.16. The van der Waals surface area contributed by atoms with Gasteiger partial charge in [-0.15, -0.1) is 0 Å². The van der Waals surface area contributed by atoms with E-state index in [4.69, 9.17) is 0 Å². The summed E-state index contributed by atoms with van der Waals surface area (Å²) in [5, 5.41) is 10.4. The monoisotopic (exact) mass is 330 g/mol. The molecule has 118 valence electrons. The van der Waals surface area contributed by atoms with E-state index < -0.39 is 10.0 Å². The summed E-state index contributed by atoms with van der Waals surface area (Å²) in [6, 6.07) is 11.7. The highest BCUT2D eigenvalue weighted by atomic mass is 32.2. The van der Waals surface area contributed by atoms with Crippen molar-refractivity contribution < 1.29 is 13.2 Å². The van der Waals surface area contributed by atoms with E-state index in [1.165, 1.54) is 6.07 Å². The number of aromatic nitrogens is 2. The van der Waals surface area contributed by atoms with Gasteiger partial charge in [0.2, 0.25) is 10.0 Å².